The molecule has 0 atom stereocenters. The molecule has 18 rings (SSSR count). The number of fused-ring (bicyclic) bond motifs is 13. The van der Waals surface area contributed by atoms with Gasteiger partial charge in [0.2, 0.25) is 0 Å². The summed E-state index contributed by atoms with van der Waals surface area (Å²) in [7, 11) is 0. The standard InChI is InChI=1S/C69H45B2N5OS2/c1-3-20-43(21-4-1)73-52-27-9-7-25-48(52)70-51-42-50-68-47(69(51)76(44-22-5-2-6-23-44)59-40-45(39-58(73)66(59)70)74-53-28-10-15-33-62(53)78-63-34-16-11-29-54(63)74)24-19-37-72(68)57-38-46(41-61-67(57)71(50)49-26-8-14-32-60(49)77-61)75-55-30-12-17-35-64(55)79-65-36-18-13-31-56(65)75/h1-18,20-23,25-36,38-42H,19,24,37H2. The molecule has 0 radical (unpaired) electrons. The molecular formula is C69H45B2N5OS2. The average Bonchev–Trinajstić information content (AvgIpc) is 3.69. The number of ether oxygens (including phenoxy) is 1. The van der Waals surface area contributed by atoms with Crippen molar-refractivity contribution in [2.24, 2.45) is 0 Å². The van der Waals surface area contributed by atoms with Crippen molar-refractivity contribution in [3.05, 3.63) is 242 Å². The topological polar surface area (TPSA) is 25.4 Å². The van der Waals surface area contributed by atoms with Gasteiger partial charge in [-0.05, 0) is 154 Å². The van der Waals surface area contributed by atoms with Gasteiger partial charge in [-0.25, -0.2) is 0 Å². The van der Waals surface area contributed by atoms with E-state index in [4.69, 9.17) is 4.74 Å². The Balaban J connectivity index is 0.935. The first kappa shape index (κ1) is 44.1. The number of anilines is 14. The van der Waals surface area contributed by atoms with Crippen molar-refractivity contribution in [3.63, 3.8) is 0 Å². The fourth-order valence-corrected chi connectivity index (χ4v) is 16.4. The summed E-state index contributed by atoms with van der Waals surface area (Å²) in [5, 5.41) is 0. The molecule has 0 N–H and O–H groups in total. The Morgan fingerprint density at radius 2 is 0.785 bits per heavy atom. The molecule has 7 aliphatic rings. The number of nitrogens with zero attached hydrogens (tertiary/aromatic N) is 5. The van der Waals surface area contributed by atoms with Crippen molar-refractivity contribution in [2.75, 3.05) is 31.0 Å². The molecule has 11 aromatic rings. The van der Waals surface area contributed by atoms with Gasteiger partial charge in [-0.1, -0.05) is 151 Å². The number of hydrogen-bond donors (Lipinski definition) is 0. The largest absolute Gasteiger partial charge is 0.458 e. The van der Waals surface area contributed by atoms with Crippen LogP contribution in [-0.4, -0.2) is 20.0 Å². The quantitative estimate of drug-likeness (QED) is 0.161. The molecule has 0 aliphatic carbocycles. The lowest BCUT2D eigenvalue weighted by Crippen LogP contribution is -2.65. The van der Waals surface area contributed by atoms with E-state index in [0.717, 1.165) is 53.6 Å². The number of rotatable bonds is 4. The second-order valence-electron chi connectivity index (χ2n) is 21.4. The molecule has 0 aromatic heterocycles. The molecule has 11 aromatic carbocycles. The zero-order valence-electron chi connectivity index (χ0n) is 42.8. The summed E-state index contributed by atoms with van der Waals surface area (Å²) < 4.78 is 7.22. The molecular weight excluding hydrogens is 1000 g/mol. The van der Waals surface area contributed by atoms with Crippen LogP contribution in [0.3, 0.4) is 0 Å². The zero-order valence-corrected chi connectivity index (χ0v) is 44.4. The van der Waals surface area contributed by atoms with Gasteiger partial charge < -0.3 is 29.2 Å². The molecule has 6 nitrogen and oxygen atoms in total. The van der Waals surface area contributed by atoms with Crippen molar-refractivity contribution in [1.29, 1.82) is 0 Å². The molecule has 0 spiro atoms. The maximum absolute atomic E-state index is 7.22. The average molecular weight is 1050 g/mol. The van der Waals surface area contributed by atoms with Gasteiger partial charge in [-0.3, -0.25) is 0 Å². The van der Waals surface area contributed by atoms with Crippen LogP contribution in [0, 0.1) is 0 Å². The van der Waals surface area contributed by atoms with Gasteiger partial charge in [0.05, 0.1) is 34.1 Å². The molecule has 0 unspecified atom stereocenters. The Hall–Kier alpha value is -8.95. The van der Waals surface area contributed by atoms with Gasteiger partial charge in [-0.15, -0.1) is 0 Å². The molecule has 0 bridgehead atoms. The van der Waals surface area contributed by atoms with Gasteiger partial charge in [0.15, 0.2) is 0 Å². The minimum atomic E-state index is -0.0750. The Bertz CT molecular complexity index is 4330. The number of para-hydroxylation sites is 8. The van der Waals surface area contributed by atoms with Crippen molar-refractivity contribution >= 4 is 149 Å². The molecule has 0 fully saturated rings. The minimum Gasteiger partial charge on any atom is -0.458 e. The predicted molar refractivity (Wildman–Crippen MR) is 331 cm³/mol. The summed E-state index contributed by atoms with van der Waals surface area (Å²) in [6.45, 7) is 0.764. The maximum atomic E-state index is 7.22. The molecule has 0 saturated carbocycles. The Kier molecular flexibility index (Phi) is 9.36. The predicted octanol–water partition coefficient (Wildman–Crippen LogP) is 14.7. The Labute approximate surface area is 468 Å². The van der Waals surface area contributed by atoms with Crippen LogP contribution in [0.25, 0.3) is 0 Å². The summed E-state index contributed by atoms with van der Waals surface area (Å²) in [5.41, 5.74) is 25.8. The Morgan fingerprint density at radius 1 is 0.329 bits per heavy atom. The van der Waals surface area contributed by atoms with Gasteiger partial charge in [0.25, 0.3) is 13.4 Å². The SMILES string of the molecule is c1ccc(N2c3ccccc3B3c4cc5c6c(c4N(c4ccccc4)c4cc(N7c8ccccc8Sc8ccccc87)cc2c43)CCCN6c2cc(N3c4ccccc4Sc4ccccc43)cc3c2B5c2ccccc2O3)cc1. The van der Waals surface area contributed by atoms with Gasteiger partial charge >= 0.3 is 0 Å². The summed E-state index contributed by atoms with van der Waals surface area (Å²) >= 11 is 3.70. The molecule has 7 heterocycles. The van der Waals surface area contributed by atoms with E-state index < -0.39 is 0 Å². The lowest BCUT2D eigenvalue weighted by molar-refractivity contribution is 0.487. The Morgan fingerprint density at radius 3 is 1.41 bits per heavy atom. The maximum Gasteiger partial charge on any atom is 0.256 e. The third-order valence-electron chi connectivity index (χ3n) is 17.3. The highest BCUT2D eigenvalue weighted by Crippen LogP contribution is 2.57. The van der Waals surface area contributed by atoms with E-state index in [1.165, 1.54) is 115 Å². The van der Waals surface area contributed by atoms with Crippen molar-refractivity contribution in [2.45, 2.75) is 32.4 Å². The van der Waals surface area contributed by atoms with Crippen LogP contribution in [0.1, 0.15) is 12.0 Å². The van der Waals surface area contributed by atoms with E-state index in [0.29, 0.717) is 0 Å². The smallest absolute Gasteiger partial charge is 0.256 e. The first-order valence-electron chi connectivity index (χ1n) is 27.4. The van der Waals surface area contributed by atoms with Crippen LogP contribution in [0.15, 0.2) is 256 Å². The third kappa shape index (κ3) is 6.24. The molecule has 10 heteroatoms. The monoisotopic (exact) mass is 1050 g/mol. The van der Waals surface area contributed by atoms with Crippen molar-refractivity contribution in [1.82, 2.24) is 0 Å². The van der Waals surface area contributed by atoms with Crippen LogP contribution in [0.4, 0.5) is 79.6 Å². The fraction of sp³-hybridized carbons (Fsp3) is 0.0435. The highest BCUT2D eigenvalue weighted by Gasteiger charge is 2.50. The highest BCUT2D eigenvalue weighted by atomic mass is 32.2. The van der Waals surface area contributed by atoms with Gasteiger partial charge in [0, 0.05) is 77.7 Å². The lowest BCUT2D eigenvalue weighted by atomic mass is 9.30. The lowest BCUT2D eigenvalue weighted by Gasteiger charge is -2.49. The molecule has 370 valence electrons. The fourth-order valence-electron chi connectivity index (χ4n) is 14.3. The van der Waals surface area contributed by atoms with Crippen LogP contribution in [-0.2, 0) is 6.42 Å². The van der Waals surface area contributed by atoms with Crippen LogP contribution >= 0.6 is 23.5 Å². The normalized spacial score (nSPS) is 15.0. The van der Waals surface area contributed by atoms with E-state index in [-0.39, 0.29) is 13.4 Å². The van der Waals surface area contributed by atoms with E-state index in [9.17, 15) is 0 Å². The van der Waals surface area contributed by atoms with Crippen LogP contribution < -0.4 is 62.0 Å². The second-order valence-corrected chi connectivity index (χ2v) is 23.6. The number of benzene rings is 11. The molecule has 79 heavy (non-hydrogen) atoms. The third-order valence-corrected chi connectivity index (χ3v) is 19.5. The molecule has 0 saturated heterocycles. The van der Waals surface area contributed by atoms with E-state index >= 15 is 0 Å². The van der Waals surface area contributed by atoms with E-state index in [1.54, 1.807) is 0 Å². The van der Waals surface area contributed by atoms with Crippen LogP contribution in [0.5, 0.6) is 11.5 Å². The summed E-state index contributed by atoms with van der Waals surface area (Å²) in [5.74, 6) is 1.84. The minimum absolute atomic E-state index is 0.0564. The van der Waals surface area contributed by atoms with E-state index in [2.05, 4.69) is 261 Å². The van der Waals surface area contributed by atoms with Gasteiger partial charge in [-0.2, -0.15) is 0 Å². The molecule has 7 aliphatic heterocycles. The number of hydrogen-bond acceptors (Lipinski definition) is 8. The summed E-state index contributed by atoms with van der Waals surface area (Å²) in [6, 6.07) is 88.2. The first-order chi connectivity index (χ1) is 39.2. The highest BCUT2D eigenvalue weighted by molar-refractivity contribution is 8.00. The first-order valence-corrected chi connectivity index (χ1v) is 29.1. The van der Waals surface area contributed by atoms with Gasteiger partial charge in [0.1, 0.15) is 11.5 Å². The zero-order chi connectivity index (χ0) is 51.4. The summed E-state index contributed by atoms with van der Waals surface area (Å²) in [6.07, 6.45) is 1.94. The van der Waals surface area contributed by atoms with Crippen LogP contribution in [0.2, 0.25) is 0 Å². The van der Waals surface area contributed by atoms with Crippen molar-refractivity contribution < 1.29 is 4.74 Å². The molecule has 0 amide bonds. The van der Waals surface area contributed by atoms with Crippen molar-refractivity contribution in [3.8, 4) is 11.5 Å². The second kappa shape index (κ2) is 16.8. The summed E-state index contributed by atoms with van der Waals surface area (Å²) in [4.78, 5) is 17.8. The van der Waals surface area contributed by atoms with E-state index in [1.807, 2.05) is 23.5 Å².